The molecule has 0 fully saturated rings. The molecule has 0 saturated carbocycles. The molecule has 0 aliphatic rings. The lowest BCUT2D eigenvalue weighted by molar-refractivity contribution is 0.444. The fourth-order valence-electron chi connectivity index (χ4n) is 13.5. The zero-order valence-electron chi connectivity index (χ0n) is 52.3. The van der Waals surface area contributed by atoms with E-state index in [1.165, 1.54) is 60.7 Å². The molecule has 0 spiro atoms. The van der Waals surface area contributed by atoms with Crippen LogP contribution >= 0.6 is 0 Å². The number of anilines is 12. The van der Waals surface area contributed by atoms with Crippen LogP contribution in [0.15, 0.2) is 303 Å². The number of hydrogen-bond donors (Lipinski definition) is 0. The van der Waals surface area contributed by atoms with Gasteiger partial charge < -0.3 is 28.7 Å². The second kappa shape index (κ2) is 25.3. The number of fused-ring (bicyclic) bond motifs is 6. The Bertz CT molecular complexity index is 5290. The minimum atomic E-state index is -2.38. The first kappa shape index (κ1) is 62.0. The van der Waals surface area contributed by atoms with E-state index in [1.807, 2.05) is 152 Å². The van der Waals surface area contributed by atoms with E-state index >= 15 is 35.1 Å². The van der Waals surface area contributed by atoms with Crippen molar-refractivity contribution in [2.24, 2.45) is 0 Å². The summed E-state index contributed by atoms with van der Waals surface area (Å²) in [4.78, 5) is 5.61. The topological polar surface area (TPSA) is 22.8 Å². The Morgan fingerprint density at radius 2 is 0.430 bits per heavy atom. The van der Waals surface area contributed by atoms with Crippen molar-refractivity contribution >= 4 is 112 Å². The Morgan fingerprint density at radius 3 is 0.730 bits per heavy atom. The molecule has 2 heterocycles. The van der Waals surface area contributed by atoms with Crippen LogP contribution in [-0.2, 0) is 0 Å². The lowest BCUT2D eigenvalue weighted by Gasteiger charge is -2.30. The highest BCUT2D eigenvalue weighted by molar-refractivity contribution is 6.12. The Morgan fingerprint density at radius 1 is 0.190 bits per heavy atom. The van der Waals surface area contributed by atoms with Crippen LogP contribution < -0.4 is 19.6 Å². The largest absolute Gasteiger partial charge is 0.311 e. The number of para-hydroxylation sites is 6. The predicted molar refractivity (Wildman–Crippen MR) is 379 cm³/mol. The van der Waals surface area contributed by atoms with Gasteiger partial charge in [-0.15, -0.1) is 0 Å². The lowest BCUT2D eigenvalue weighted by atomic mass is 9.98. The number of nitrogens with zero attached hydrogens (tertiary/aromatic N) is 6. The third kappa shape index (κ3) is 10.6. The van der Waals surface area contributed by atoms with Gasteiger partial charge in [-0.1, -0.05) is 109 Å². The number of rotatable bonds is 15. The second-order valence-electron chi connectivity index (χ2n) is 23.7. The Hall–Kier alpha value is -12.8. The van der Waals surface area contributed by atoms with E-state index in [1.54, 1.807) is 109 Å². The molecule has 2 aromatic heterocycles. The van der Waals surface area contributed by atoms with Crippen LogP contribution in [0.2, 0.25) is 0 Å². The monoisotopic (exact) mass is 1330 g/mol. The first-order chi connectivity index (χ1) is 48.8. The zero-order valence-corrected chi connectivity index (χ0v) is 52.3. The molecule has 16 aromatic rings. The molecule has 0 unspecified atom stereocenters. The molecule has 0 bridgehead atoms. The summed E-state index contributed by atoms with van der Waals surface area (Å²) < 4.78 is 175. The van der Waals surface area contributed by atoms with Crippen molar-refractivity contribution in [2.75, 3.05) is 19.6 Å². The smallest absolute Gasteiger partial charge is 0.186 e. The summed E-state index contributed by atoms with van der Waals surface area (Å²) in [5.41, 5.74) is 0.394. The molecule has 0 N–H and O–H groups in total. The van der Waals surface area contributed by atoms with Crippen molar-refractivity contribution in [3.63, 3.8) is 0 Å². The number of benzene rings is 14. The van der Waals surface area contributed by atoms with Gasteiger partial charge in [-0.05, 0) is 194 Å². The van der Waals surface area contributed by atoms with Crippen LogP contribution in [0.25, 0.3) is 66.1 Å². The fourth-order valence-corrected chi connectivity index (χ4v) is 13.5. The Balaban J connectivity index is 0.869. The molecule has 0 atom stereocenters. The van der Waals surface area contributed by atoms with Crippen molar-refractivity contribution < 1.29 is 43.9 Å². The lowest BCUT2D eigenvalue weighted by Crippen LogP contribution is -2.19. The van der Waals surface area contributed by atoms with Gasteiger partial charge in [-0.3, -0.25) is 0 Å². The van der Waals surface area contributed by atoms with Gasteiger partial charge in [0.1, 0.15) is 23.0 Å². The highest BCUT2D eigenvalue weighted by atomic mass is 19.2. The molecule has 0 radical (unpaired) electrons. The molecule has 0 aliphatic heterocycles. The van der Waals surface area contributed by atoms with Gasteiger partial charge in [0.25, 0.3) is 0 Å². The van der Waals surface area contributed by atoms with Gasteiger partial charge in [0.05, 0.1) is 33.2 Å². The van der Waals surface area contributed by atoms with Crippen LogP contribution in [0, 0.1) is 58.2 Å². The third-order valence-corrected chi connectivity index (χ3v) is 18.0. The van der Waals surface area contributed by atoms with Gasteiger partial charge >= 0.3 is 0 Å². The fraction of sp³-hybridized carbons (Fsp3) is 0. The van der Waals surface area contributed by atoms with E-state index in [0.29, 0.717) is 66.4 Å². The molecule has 14 aromatic carbocycles. The average Bonchev–Trinajstić information content (AvgIpc) is 1.06. The molecule has 100 heavy (non-hydrogen) atoms. The second-order valence-corrected chi connectivity index (χ2v) is 23.7. The number of aromatic nitrogens is 2. The predicted octanol–water partition coefficient (Wildman–Crippen LogP) is 24.8. The van der Waals surface area contributed by atoms with E-state index in [9.17, 15) is 8.78 Å². The summed E-state index contributed by atoms with van der Waals surface area (Å²) in [5, 5.41) is 2.21. The standard InChI is InChI=1S/C84H50F10N6/c85-51-29-33-61(34-30-51)99-69-27-15-13-25-65(69)67-49-63(45-47-71(67)99)97(59-41-37-57(38-42-59)95(53-17-5-1-6-18-53)54-19-7-2-8-20-54)83-79(91)75(87)73(76(88)80(83)92)74-77(89)81(93)84(82(94)78(74)90)98(60-43-39-58(40-44-60)96(55-21-9-3-10-22-55)56-23-11-4-12-24-56)64-46-48-72-68(50-64)66-26-14-16-28-70(66)100(72)62-35-31-52(86)32-36-62/h1-50H. The van der Waals surface area contributed by atoms with Crippen molar-refractivity contribution in [1.82, 2.24) is 9.13 Å². The minimum absolute atomic E-state index is 0.0613. The van der Waals surface area contributed by atoms with Crippen LogP contribution in [0.4, 0.5) is 112 Å². The van der Waals surface area contributed by atoms with Crippen LogP contribution in [-0.4, -0.2) is 9.13 Å². The number of hydrogen-bond acceptors (Lipinski definition) is 4. The highest BCUT2D eigenvalue weighted by Crippen LogP contribution is 2.50. The molecular weight excluding hydrogens is 1280 g/mol. The van der Waals surface area contributed by atoms with Crippen LogP contribution in [0.3, 0.4) is 0 Å². The molecule has 486 valence electrons. The van der Waals surface area contributed by atoms with Gasteiger partial charge in [0, 0.05) is 89.8 Å². The summed E-state index contributed by atoms with van der Waals surface area (Å²) in [7, 11) is 0. The Kier molecular flexibility index (Phi) is 15.7. The van der Waals surface area contributed by atoms with Crippen molar-refractivity contribution in [3.8, 4) is 22.5 Å². The SMILES string of the molecule is Fc1ccc(-n2c3ccccc3c3cc(N(c4ccc(N(c5ccccc5)c5ccccc5)cc4)c4c(F)c(F)c(-c5c(F)c(F)c(N(c6ccc(N(c7ccccc7)c7ccccc7)cc6)c6ccc7c(c6)c6ccccc6n7-c6ccc(F)cc6)c(F)c5F)c(F)c4F)ccc32)cc1. The number of halogens is 10. The highest BCUT2D eigenvalue weighted by Gasteiger charge is 2.38. The maximum Gasteiger partial charge on any atom is 0.186 e. The van der Waals surface area contributed by atoms with E-state index in [4.69, 9.17) is 0 Å². The van der Waals surface area contributed by atoms with E-state index < -0.39 is 80.7 Å². The van der Waals surface area contributed by atoms with Crippen molar-refractivity contribution in [1.29, 1.82) is 0 Å². The van der Waals surface area contributed by atoms with Crippen LogP contribution in [0.5, 0.6) is 0 Å². The van der Waals surface area contributed by atoms with Gasteiger partial charge in [0.2, 0.25) is 0 Å². The first-order valence-corrected chi connectivity index (χ1v) is 31.7. The maximum atomic E-state index is 17.9. The first-order valence-electron chi connectivity index (χ1n) is 31.7. The van der Waals surface area contributed by atoms with E-state index in [2.05, 4.69) is 0 Å². The maximum absolute atomic E-state index is 17.9. The molecule has 0 saturated heterocycles. The summed E-state index contributed by atoms with van der Waals surface area (Å²) in [6.07, 6.45) is 0. The normalized spacial score (nSPS) is 11.5. The van der Waals surface area contributed by atoms with Crippen LogP contribution in [0.1, 0.15) is 0 Å². The molecule has 16 rings (SSSR count). The molecule has 0 amide bonds. The zero-order chi connectivity index (χ0) is 68.4. The quantitative estimate of drug-likeness (QED) is 0.0754. The minimum Gasteiger partial charge on any atom is -0.311 e. The molecular formula is C84H50F10N6. The Labute approximate surface area is 565 Å². The summed E-state index contributed by atoms with van der Waals surface area (Å²) in [5.74, 6) is -19.2. The third-order valence-electron chi connectivity index (χ3n) is 18.0. The summed E-state index contributed by atoms with van der Waals surface area (Å²) in [6.45, 7) is 0. The van der Waals surface area contributed by atoms with E-state index in [-0.39, 0.29) is 22.7 Å². The van der Waals surface area contributed by atoms with Gasteiger partial charge in [0.15, 0.2) is 46.5 Å². The summed E-state index contributed by atoms with van der Waals surface area (Å²) >= 11 is 0. The average molecular weight is 1330 g/mol. The summed E-state index contributed by atoms with van der Waals surface area (Å²) in [6, 6.07) is 84.6. The van der Waals surface area contributed by atoms with Crippen molar-refractivity contribution in [3.05, 3.63) is 361 Å². The van der Waals surface area contributed by atoms with E-state index in [0.717, 1.165) is 32.5 Å². The molecule has 0 aliphatic carbocycles. The van der Waals surface area contributed by atoms with Crippen molar-refractivity contribution in [2.45, 2.75) is 0 Å². The van der Waals surface area contributed by atoms with Gasteiger partial charge in [-0.2, -0.15) is 0 Å². The van der Waals surface area contributed by atoms with Gasteiger partial charge in [-0.25, -0.2) is 43.9 Å². The molecule has 6 nitrogen and oxygen atoms in total. The molecule has 16 heteroatoms.